The molecule has 0 aromatic carbocycles. The van der Waals surface area contributed by atoms with Crippen molar-refractivity contribution in [3.63, 3.8) is 0 Å². The maximum atomic E-state index is 5.92. The molecule has 1 fully saturated rings. The Morgan fingerprint density at radius 3 is 2.94 bits per heavy atom. The molecule has 0 amide bonds. The Morgan fingerprint density at radius 1 is 1.35 bits per heavy atom. The zero-order chi connectivity index (χ0) is 11.8. The van der Waals surface area contributed by atoms with Crippen LogP contribution in [0.25, 0.3) is 0 Å². The largest absolute Gasteiger partial charge is 0.368 e. The van der Waals surface area contributed by atoms with Crippen LogP contribution in [0.1, 0.15) is 60.3 Å². The molecule has 3 unspecified atom stereocenters. The number of ether oxygens (including phenoxy) is 1. The van der Waals surface area contributed by atoms with Crippen LogP contribution in [0.15, 0.2) is 0 Å². The van der Waals surface area contributed by atoms with Gasteiger partial charge in [0.15, 0.2) is 0 Å². The molecule has 2 heterocycles. The Hall–Kier alpha value is -0.450. The molecule has 1 aromatic heterocycles. The van der Waals surface area contributed by atoms with E-state index in [0.717, 1.165) is 6.42 Å². The van der Waals surface area contributed by atoms with Crippen molar-refractivity contribution in [2.45, 2.75) is 57.3 Å². The van der Waals surface area contributed by atoms with Gasteiger partial charge in [-0.1, -0.05) is 0 Å². The summed E-state index contributed by atoms with van der Waals surface area (Å²) in [4.78, 5) is 6.33. The summed E-state index contributed by atoms with van der Waals surface area (Å²) in [5.74, 6) is 0. The summed E-state index contributed by atoms with van der Waals surface area (Å²) < 4.78 is 5.92. The van der Waals surface area contributed by atoms with E-state index in [2.05, 4.69) is 12.2 Å². The number of hydrogen-bond acceptors (Lipinski definition) is 4. The summed E-state index contributed by atoms with van der Waals surface area (Å²) in [6.07, 6.45) is 6.67. The normalized spacial score (nSPS) is 32.7. The number of thiazole rings is 1. The lowest BCUT2D eigenvalue weighted by atomic mass is 9.98. The first-order valence-corrected chi connectivity index (χ1v) is 7.42. The number of hydrogen-bond donors (Lipinski definition) is 1. The fourth-order valence-corrected chi connectivity index (χ4v) is 4.08. The van der Waals surface area contributed by atoms with Gasteiger partial charge in [0.25, 0.3) is 0 Å². The van der Waals surface area contributed by atoms with Gasteiger partial charge >= 0.3 is 0 Å². The molecule has 0 saturated carbocycles. The molecule has 4 heteroatoms. The monoisotopic (exact) mass is 252 g/mol. The van der Waals surface area contributed by atoms with Crippen LogP contribution in [0.3, 0.4) is 0 Å². The molecule has 94 valence electrons. The van der Waals surface area contributed by atoms with E-state index in [9.17, 15) is 0 Å². The molecule has 17 heavy (non-hydrogen) atoms. The molecule has 1 aliphatic heterocycles. The average molecular weight is 252 g/mol. The summed E-state index contributed by atoms with van der Waals surface area (Å²) in [7, 11) is 2.03. The smallest absolute Gasteiger partial charge is 0.122 e. The minimum absolute atomic E-state index is 0.262. The van der Waals surface area contributed by atoms with Gasteiger partial charge in [0, 0.05) is 4.88 Å². The summed E-state index contributed by atoms with van der Waals surface area (Å²) >= 11 is 1.88. The van der Waals surface area contributed by atoms with Crippen molar-refractivity contribution in [3.8, 4) is 0 Å². The predicted octanol–water partition coefficient (Wildman–Crippen LogP) is 2.98. The third-order valence-electron chi connectivity index (χ3n) is 3.83. The molecule has 3 atom stereocenters. The number of nitrogens with one attached hydrogen (secondary N) is 1. The van der Waals surface area contributed by atoms with Crippen molar-refractivity contribution < 1.29 is 4.74 Å². The van der Waals surface area contributed by atoms with E-state index in [4.69, 9.17) is 9.72 Å². The van der Waals surface area contributed by atoms with Crippen LogP contribution in [-0.4, -0.2) is 18.1 Å². The number of nitrogens with zero attached hydrogens (tertiary/aromatic N) is 1. The van der Waals surface area contributed by atoms with Gasteiger partial charge in [-0.05, 0) is 46.1 Å². The molecule has 3 rings (SSSR count). The third-order valence-corrected chi connectivity index (χ3v) is 5.05. The lowest BCUT2D eigenvalue weighted by Gasteiger charge is -2.19. The van der Waals surface area contributed by atoms with E-state index in [1.165, 1.54) is 41.3 Å². The average Bonchev–Trinajstić information content (AvgIpc) is 2.93. The topological polar surface area (TPSA) is 34.1 Å². The lowest BCUT2D eigenvalue weighted by Crippen LogP contribution is -2.21. The Balaban J connectivity index is 1.85. The van der Waals surface area contributed by atoms with Crippen molar-refractivity contribution in [2.24, 2.45) is 0 Å². The number of aryl methyl sites for hydroxylation is 1. The molecular weight excluding hydrogens is 232 g/mol. The first-order chi connectivity index (χ1) is 8.28. The number of rotatable bonds is 2. The van der Waals surface area contributed by atoms with Crippen molar-refractivity contribution in [1.29, 1.82) is 0 Å². The summed E-state index contributed by atoms with van der Waals surface area (Å²) in [5.41, 5.74) is 1.29. The summed E-state index contributed by atoms with van der Waals surface area (Å²) in [5, 5.41) is 4.59. The minimum Gasteiger partial charge on any atom is -0.368 e. The Morgan fingerprint density at radius 2 is 2.24 bits per heavy atom. The van der Waals surface area contributed by atoms with Gasteiger partial charge in [0.2, 0.25) is 0 Å². The van der Waals surface area contributed by atoms with Crippen LogP contribution in [0.4, 0.5) is 0 Å². The van der Waals surface area contributed by atoms with Gasteiger partial charge < -0.3 is 10.1 Å². The number of aromatic nitrogens is 1. The van der Waals surface area contributed by atoms with E-state index in [1.54, 1.807) is 0 Å². The molecule has 0 bridgehead atoms. The maximum Gasteiger partial charge on any atom is 0.122 e. The van der Waals surface area contributed by atoms with Gasteiger partial charge in [-0.25, -0.2) is 4.98 Å². The summed E-state index contributed by atoms with van der Waals surface area (Å²) in [6, 6.07) is 0.461. The maximum absolute atomic E-state index is 5.92. The lowest BCUT2D eigenvalue weighted by molar-refractivity contribution is 0.0553. The second kappa shape index (κ2) is 4.67. The highest BCUT2D eigenvalue weighted by Gasteiger charge is 2.30. The van der Waals surface area contributed by atoms with Crippen molar-refractivity contribution in [3.05, 3.63) is 15.6 Å². The molecule has 2 aliphatic rings. The SMILES string of the molecule is CNC1CCCc2sc(C3CCC(C)O3)nc21. The zero-order valence-electron chi connectivity index (χ0n) is 10.5. The highest BCUT2D eigenvalue weighted by atomic mass is 32.1. The van der Waals surface area contributed by atoms with E-state index in [0.29, 0.717) is 12.1 Å². The molecule has 1 N–H and O–H groups in total. The van der Waals surface area contributed by atoms with Gasteiger partial charge in [-0.2, -0.15) is 0 Å². The quantitative estimate of drug-likeness (QED) is 0.878. The number of fused-ring (bicyclic) bond motifs is 1. The highest BCUT2D eigenvalue weighted by Crippen LogP contribution is 2.39. The van der Waals surface area contributed by atoms with E-state index >= 15 is 0 Å². The molecule has 1 saturated heterocycles. The molecule has 3 nitrogen and oxygen atoms in total. The van der Waals surface area contributed by atoms with Crippen molar-refractivity contribution in [2.75, 3.05) is 7.05 Å². The van der Waals surface area contributed by atoms with Gasteiger partial charge in [0.05, 0.1) is 17.8 Å². The van der Waals surface area contributed by atoms with Crippen LogP contribution < -0.4 is 5.32 Å². The Bertz CT molecular complexity index is 404. The zero-order valence-corrected chi connectivity index (χ0v) is 11.3. The van der Waals surface area contributed by atoms with Gasteiger partial charge in [-0.15, -0.1) is 11.3 Å². The Kier molecular flexibility index (Phi) is 3.19. The fraction of sp³-hybridized carbons (Fsp3) is 0.769. The fourth-order valence-electron chi connectivity index (χ4n) is 2.84. The van der Waals surface area contributed by atoms with Crippen LogP contribution in [0.2, 0.25) is 0 Å². The van der Waals surface area contributed by atoms with Crippen LogP contribution in [0.5, 0.6) is 0 Å². The second-order valence-electron chi connectivity index (χ2n) is 5.11. The third kappa shape index (κ3) is 2.14. The van der Waals surface area contributed by atoms with E-state index < -0.39 is 0 Å². The van der Waals surface area contributed by atoms with Crippen LogP contribution in [-0.2, 0) is 11.2 Å². The molecule has 0 spiro atoms. The molecular formula is C13H20N2OS. The van der Waals surface area contributed by atoms with E-state index in [1.807, 2.05) is 18.4 Å². The van der Waals surface area contributed by atoms with Crippen LogP contribution >= 0.6 is 11.3 Å². The van der Waals surface area contributed by atoms with Crippen LogP contribution in [0, 0.1) is 0 Å². The summed E-state index contributed by atoms with van der Waals surface area (Å²) in [6.45, 7) is 2.16. The van der Waals surface area contributed by atoms with Crippen molar-refractivity contribution in [1.82, 2.24) is 10.3 Å². The van der Waals surface area contributed by atoms with Gasteiger partial charge in [-0.3, -0.25) is 0 Å². The molecule has 1 aromatic rings. The minimum atomic E-state index is 0.262. The Labute approximate surface area is 107 Å². The predicted molar refractivity (Wildman–Crippen MR) is 69.4 cm³/mol. The standard InChI is InChI=1S/C13H20N2OS/c1-8-6-7-10(16-8)13-15-12-9(14-2)4-3-5-11(12)17-13/h8-10,14H,3-7H2,1-2H3. The van der Waals surface area contributed by atoms with E-state index in [-0.39, 0.29) is 6.10 Å². The highest BCUT2D eigenvalue weighted by molar-refractivity contribution is 7.11. The van der Waals surface area contributed by atoms with Gasteiger partial charge in [0.1, 0.15) is 11.1 Å². The molecule has 0 radical (unpaired) electrons. The van der Waals surface area contributed by atoms with Crippen molar-refractivity contribution >= 4 is 11.3 Å². The second-order valence-corrected chi connectivity index (χ2v) is 6.22. The first kappa shape index (κ1) is 11.6. The first-order valence-electron chi connectivity index (χ1n) is 6.60. The molecule has 1 aliphatic carbocycles.